The smallest absolute Gasteiger partial charge is 0.303 e. The van der Waals surface area contributed by atoms with Gasteiger partial charge in [0, 0.05) is 18.3 Å². The maximum Gasteiger partial charge on any atom is 0.303 e. The third kappa shape index (κ3) is 2.69. The number of carbonyl (C=O) groups is 1. The highest BCUT2D eigenvalue weighted by molar-refractivity contribution is 5.67. The van der Waals surface area contributed by atoms with Gasteiger partial charge in [-0.3, -0.25) is 9.78 Å². The van der Waals surface area contributed by atoms with Crippen LogP contribution in [0.1, 0.15) is 17.9 Å². The number of hydrogen-bond acceptors (Lipinski definition) is 3. The summed E-state index contributed by atoms with van der Waals surface area (Å²) >= 11 is 0. The minimum Gasteiger partial charge on any atom is -0.481 e. The fourth-order valence-electron chi connectivity index (χ4n) is 1.62. The van der Waals surface area contributed by atoms with Gasteiger partial charge in [0.05, 0.1) is 12.1 Å². The highest BCUT2D eigenvalue weighted by atomic mass is 16.4. The molecule has 0 aliphatic heterocycles. The molecule has 0 unspecified atom stereocenters. The summed E-state index contributed by atoms with van der Waals surface area (Å²) in [6, 6.07) is 5.62. The Morgan fingerprint density at radius 3 is 2.94 bits per heavy atom. The molecule has 0 aliphatic carbocycles. The number of H-pyrrole nitrogens is 1. The summed E-state index contributed by atoms with van der Waals surface area (Å²) < 4.78 is 0. The number of carboxylic acid groups (broad SMARTS) is 1. The predicted molar refractivity (Wildman–Crippen MR) is 62.5 cm³/mol. The van der Waals surface area contributed by atoms with Gasteiger partial charge in [-0.25, -0.2) is 4.98 Å². The average Bonchev–Trinajstić information content (AvgIpc) is 2.69. The first-order chi connectivity index (χ1) is 8.16. The molecule has 0 amide bonds. The Balaban J connectivity index is 2.22. The molecule has 17 heavy (non-hydrogen) atoms. The molecule has 0 saturated carbocycles. The maximum absolute atomic E-state index is 10.5. The zero-order chi connectivity index (χ0) is 12.3. The molecule has 2 aromatic heterocycles. The van der Waals surface area contributed by atoms with E-state index in [4.69, 9.17) is 5.11 Å². The van der Waals surface area contributed by atoms with Crippen LogP contribution < -0.4 is 0 Å². The molecule has 5 nitrogen and oxygen atoms in total. The molecule has 2 N–H and O–H groups in total. The number of nitrogens with one attached hydrogen (secondary N) is 1. The van der Waals surface area contributed by atoms with E-state index >= 15 is 0 Å². The summed E-state index contributed by atoms with van der Waals surface area (Å²) in [4.78, 5) is 22.2. The number of imidazole rings is 1. The number of aryl methyl sites for hydroxylation is 2. The monoisotopic (exact) mass is 231 g/mol. The summed E-state index contributed by atoms with van der Waals surface area (Å²) in [6.07, 6.45) is 2.19. The molecule has 0 atom stereocenters. The quantitative estimate of drug-likeness (QED) is 0.840. The molecule has 0 saturated heterocycles. The van der Waals surface area contributed by atoms with Crippen LogP contribution in [0.15, 0.2) is 24.4 Å². The van der Waals surface area contributed by atoms with Crippen LogP contribution in [0.4, 0.5) is 0 Å². The lowest BCUT2D eigenvalue weighted by Crippen LogP contribution is -1.98. The Morgan fingerprint density at radius 2 is 2.29 bits per heavy atom. The lowest BCUT2D eigenvalue weighted by Gasteiger charge is -1.95. The van der Waals surface area contributed by atoms with Crippen molar-refractivity contribution in [1.82, 2.24) is 15.0 Å². The molecule has 5 heteroatoms. The van der Waals surface area contributed by atoms with Gasteiger partial charge in [0.25, 0.3) is 0 Å². The van der Waals surface area contributed by atoms with E-state index in [-0.39, 0.29) is 6.42 Å². The van der Waals surface area contributed by atoms with Gasteiger partial charge in [0.1, 0.15) is 11.5 Å². The van der Waals surface area contributed by atoms with Crippen molar-refractivity contribution in [3.05, 3.63) is 35.9 Å². The molecule has 0 fully saturated rings. The summed E-state index contributed by atoms with van der Waals surface area (Å²) in [5.74, 6) is -0.135. The second-order valence-corrected chi connectivity index (χ2v) is 3.77. The number of aliphatic carboxylic acids is 1. The first-order valence-electron chi connectivity index (χ1n) is 5.35. The number of aromatic amines is 1. The third-order valence-corrected chi connectivity index (χ3v) is 2.42. The molecule has 0 radical (unpaired) electrons. The average molecular weight is 231 g/mol. The van der Waals surface area contributed by atoms with E-state index in [2.05, 4.69) is 15.0 Å². The minimum atomic E-state index is -0.821. The first-order valence-corrected chi connectivity index (χ1v) is 5.35. The lowest BCUT2D eigenvalue weighted by atomic mass is 10.2. The lowest BCUT2D eigenvalue weighted by molar-refractivity contribution is -0.137. The highest BCUT2D eigenvalue weighted by Crippen LogP contribution is 2.18. The van der Waals surface area contributed by atoms with Crippen LogP contribution in [0, 0.1) is 6.92 Å². The second-order valence-electron chi connectivity index (χ2n) is 3.77. The molecule has 2 rings (SSSR count). The van der Waals surface area contributed by atoms with Crippen LogP contribution in [0.25, 0.3) is 11.4 Å². The van der Waals surface area contributed by atoms with Crippen molar-refractivity contribution in [1.29, 1.82) is 0 Å². The summed E-state index contributed by atoms with van der Waals surface area (Å²) in [5, 5.41) is 8.61. The second kappa shape index (κ2) is 4.78. The van der Waals surface area contributed by atoms with E-state index < -0.39 is 5.97 Å². The number of nitrogens with zero attached hydrogens (tertiary/aromatic N) is 2. The molecule has 2 heterocycles. The topological polar surface area (TPSA) is 78.9 Å². The van der Waals surface area contributed by atoms with Crippen LogP contribution in [-0.4, -0.2) is 26.0 Å². The minimum absolute atomic E-state index is 0.0780. The standard InChI is InChI=1S/C12H13N3O2/c1-8-12(9-4-2-3-7-13-9)15-10(14-8)5-6-11(16)17/h2-4,7H,5-6H2,1H3,(H,14,15)(H,16,17). The third-order valence-electron chi connectivity index (χ3n) is 2.42. The van der Waals surface area contributed by atoms with E-state index in [1.807, 2.05) is 25.1 Å². The summed E-state index contributed by atoms with van der Waals surface area (Å²) in [6.45, 7) is 1.90. The molecular weight excluding hydrogens is 218 g/mol. The van der Waals surface area contributed by atoms with Gasteiger partial charge >= 0.3 is 5.97 Å². The Morgan fingerprint density at radius 1 is 1.47 bits per heavy atom. The molecule has 2 aromatic rings. The molecular formula is C12H13N3O2. The van der Waals surface area contributed by atoms with E-state index in [9.17, 15) is 4.79 Å². The first kappa shape index (κ1) is 11.3. The van der Waals surface area contributed by atoms with Crippen molar-refractivity contribution in [3.63, 3.8) is 0 Å². The normalized spacial score (nSPS) is 10.4. The number of pyridine rings is 1. The molecule has 0 spiro atoms. The van der Waals surface area contributed by atoms with E-state index in [0.29, 0.717) is 12.2 Å². The zero-order valence-corrected chi connectivity index (χ0v) is 9.47. The van der Waals surface area contributed by atoms with Crippen LogP contribution in [-0.2, 0) is 11.2 Å². The van der Waals surface area contributed by atoms with Gasteiger partial charge in [-0.15, -0.1) is 0 Å². The highest BCUT2D eigenvalue weighted by Gasteiger charge is 2.10. The molecule has 88 valence electrons. The van der Waals surface area contributed by atoms with Crippen molar-refractivity contribution >= 4 is 5.97 Å². The number of carboxylic acids is 1. The van der Waals surface area contributed by atoms with Gasteiger partial charge in [0.2, 0.25) is 0 Å². The van der Waals surface area contributed by atoms with Gasteiger partial charge in [0.15, 0.2) is 0 Å². The van der Waals surface area contributed by atoms with Crippen molar-refractivity contribution < 1.29 is 9.90 Å². The van der Waals surface area contributed by atoms with Gasteiger partial charge in [-0.1, -0.05) is 6.07 Å². The van der Waals surface area contributed by atoms with E-state index in [1.165, 1.54) is 0 Å². The Kier molecular flexibility index (Phi) is 3.18. The van der Waals surface area contributed by atoms with Gasteiger partial charge in [-0.2, -0.15) is 0 Å². The Labute approximate surface area is 98.6 Å². The fourth-order valence-corrected chi connectivity index (χ4v) is 1.62. The maximum atomic E-state index is 10.5. The number of hydrogen-bond donors (Lipinski definition) is 2. The van der Waals surface area contributed by atoms with Crippen molar-refractivity contribution in [2.45, 2.75) is 19.8 Å². The van der Waals surface area contributed by atoms with Crippen LogP contribution in [0.2, 0.25) is 0 Å². The van der Waals surface area contributed by atoms with E-state index in [1.54, 1.807) is 6.20 Å². The van der Waals surface area contributed by atoms with Gasteiger partial charge < -0.3 is 10.1 Å². The van der Waals surface area contributed by atoms with Crippen molar-refractivity contribution in [2.75, 3.05) is 0 Å². The zero-order valence-electron chi connectivity index (χ0n) is 9.47. The van der Waals surface area contributed by atoms with Crippen LogP contribution >= 0.6 is 0 Å². The van der Waals surface area contributed by atoms with Crippen molar-refractivity contribution in [2.24, 2.45) is 0 Å². The number of aromatic nitrogens is 3. The largest absolute Gasteiger partial charge is 0.481 e. The fraction of sp³-hybridized carbons (Fsp3) is 0.250. The van der Waals surface area contributed by atoms with Gasteiger partial charge in [-0.05, 0) is 19.1 Å². The summed E-state index contributed by atoms with van der Waals surface area (Å²) in [5.41, 5.74) is 2.48. The molecule has 0 aromatic carbocycles. The van der Waals surface area contributed by atoms with Crippen LogP contribution in [0.5, 0.6) is 0 Å². The summed E-state index contributed by atoms with van der Waals surface area (Å²) in [7, 11) is 0. The number of rotatable bonds is 4. The van der Waals surface area contributed by atoms with Crippen molar-refractivity contribution in [3.8, 4) is 11.4 Å². The Hall–Kier alpha value is -2.17. The predicted octanol–water partition coefficient (Wildman–Crippen LogP) is 1.80. The van der Waals surface area contributed by atoms with E-state index in [0.717, 1.165) is 17.1 Å². The Bertz CT molecular complexity index is 520. The van der Waals surface area contributed by atoms with Crippen LogP contribution in [0.3, 0.4) is 0 Å². The SMILES string of the molecule is Cc1[nH]c(CCC(=O)O)nc1-c1ccccn1. The molecule has 0 aliphatic rings. The molecule has 0 bridgehead atoms.